The monoisotopic (exact) mass is 410 g/mol. The van der Waals surface area contributed by atoms with Crippen molar-refractivity contribution in [3.8, 4) is 0 Å². The molecule has 0 fully saturated rings. The summed E-state index contributed by atoms with van der Waals surface area (Å²) in [6.07, 6.45) is -3.08. The molecule has 0 aliphatic heterocycles. The average molecular weight is 411 g/mol. The van der Waals surface area contributed by atoms with Crippen LogP contribution in [0.1, 0.15) is 17.3 Å². The van der Waals surface area contributed by atoms with Crippen molar-refractivity contribution in [2.24, 2.45) is 10.7 Å². The van der Waals surface area contributed by atoms with Gasteiger partial charge in [-0.2, -0.15) is 13.2 Å². The predicted octanol–water partition coefficient (Wildman–Crippen LogP) is 3.50. The summed E-state index contributed by atoms with van der Waals surface area (Å²) in [6.45, 7) is 1.70. The van der Waals surface area contributed by atoms with E-state index in [0.717, 1.165) is 6.21 Å². The zero-order valence-corrected chi connectivity index (χ0v) is 14.5. The van der Waals surface area contributed by atoms with Gasteiger partial charge in [-0.15, -0.1) is 0 Å². The van der Waals surface area contributed by atoms with Crippen molar-refractivity contribution in [1.29, 1.82) is 0 Å². The quantitative estimate of drug-likeness (QED) is 0.443. The fourth-order valence-corrected chi connectivity index (χ4v) is 2.83. The number of aliphatic imine (C=N–C) groups is 1. The van der Waals surface area contributed by atoms with Gasteiger partial charge in [-0.3, -0.25) is 14.0 Å². The van der Waals surface area contributed by atoms with E-state index in [4.69, 9.17) is 5.73 Å². The number of hydrogen-bond donors (Lipinski definition) is 1. The number of allylic oxidation sites excluding steroid dienone is 2. The number of carbonyl (C=O) groups excluding carboxylic acids is 1. The highest BCUT2D eigenvalue weighted by Crippen LogP contribution is 2.23. The van der Waals surface area contributed by atoms with Gasteiger partial charge in [0.05, 0.1) is 26.7 Å². The number of nitrogens with two attached hydrogens (primary N) is 1. The molecule has 1 aromatic rings. The average Bonchev–Trinajstić information content (AvgIpc) is 2.52. The molecule has 0 bridgehead atoms. The lowest BCUT2D eigenvalue weighted by atomic mass is 10.1. The van der Waals surface area contributed by atoms with Crippen LogP contribution in [0.25, 0.3) is 0 Å². The first-order valence-corrected chi connectivity index (χ1v) is 8.83. The highest BCUT2D eigenvalue weighted by atomic mass is 79.9. The third-order valence-electron chi connectivity index (χ3n) is 2.70. The van der Waals surface area contributed by atoms with Gasteiger partial charge in [-0.05, 0) is 24.3 Å². The second-order valence-corrected chi connectivity index (χ2v) is 6.54. The molecule has 126 valence electrons. The fourth-order valence-electron chi connectivity index (χ4n) is 1.54. The van der Waals surface area contributed by atoms with Gasteiger partial charge in [0.1, 0.15) is 5.70 Å². The molecule has 4 nitrogen and oxygen atoms in total. The smallest absolute Gasteiger partial charge is 0.395 e. The van der Waals surface area contributed by atoms with E-state index in [1.54, 1.807) is 6.92 Å². The molecule has 0 amide bonds. The lowest BCUT2D eigenvalue weighted by Gasteiger charge is -2.07. The Morgan fingerprint density at radius 3 is 2.61 bits per heavy atom. The van der Waals surface area contributed by atoms with E-state index in [9.17, 15) is 22.2 Å². The lowest BCUT2D eigenvalue weighted by Crippen LogP contribution is -2.19. The van der Waals surface area contributed by atoms with Gasteiger partial charge in [0.2, 0.25) is 0 Å². The Kier molecular flexibility index (Phi) is 7.14. The topological polar surface area (TPSA) is 72.5 Å². The number of benzene rings is 1. The minimum absolute atomic E-state index is 0.0778. The largest absolute Gasteiger partial charge is 0.430 e. The van der Waals surface area contributed by atoms with Crippen LogP contribution >= 0.6 is 15.9 Å². The van der Waals surface area contributed by atoms with Crippen molar-refractivity contribution in [2.45, 2.75) is 18.0 Å². The van der Waals surface area contributed by atoms with Crippen LogP contribution in [0, 0.1) is 0 Å². The normalized spacial score (nSPS) is 14.2. The van der Waals surface area contributed by atoms with Crippen LogP contribution in [-0.2, 0) is 10.8 Å². The number of nitrogens with zero attached hydrogens (tertiary/aromatic N) is 1. The molecule has 0 spiro atoms. The first-order chi connectivity index (χ1) is 10.7. The summed E-state index contributed by atoms with van der Waals surface area (Å²) in [7, 11) is -1.40. The summed E-state index contributed by atoms with van der Waals surface area (Å²) in [5.74, 6) is 0.0648. The molecule has 23 heavy (non-hydrogen) atoms. The maximum Gasteiger partial charge on any atom is 0.430 e. The maximum atomic E-state index is 12.2. The van der Waals surface area contributed by atoms with Crippen LogP contribution in [0.2, 0.25) is 0 Å². The van der Waals surface area contributed by atoms with Gasteiger partial charge in [-0.1, -0.05) is 22.9 Å². The molecule has 0 aliphatic rings. The predicted molar refractivity (Wildman–Crippen MR) is 88.0 cm³/mol. The molecule has 0 heterocycles. The molecule has 9 heteroatoms. The Hall–Kier alpha value is -1.48. The summed E-state index contributed by atoms with van der Waals surface area (Å²) in [6, 6.07) is 4.33. The molecule has 1 unspecified atom stereocenters. The third-order valence-corrected chi connectivity index (χ3v) is 4.56. The summed E-state index contributed by atoms with van der Waals surface area (Å²) >= 11 is 3.05. The van der Waals surface area contributed by atoms with Gasteiger partial charge >= 0.3 is 6.18 Å². The van der Waals surface area contributed by atoms with E-state index in [1.165, 1.54) is 18.2 Å². The van der Waals surface area contributed by atoms with Crippen LogP contribution in [0.3, 0.4) is 0 Å². The van der Waals surface area contributed by atoms with Gasteiger partial charge < -0.3 is 5.73 Å². The van der Waals surface area contributed by atoms with Crippen LogP contribution < -0.4 is 5.73 Å². The maximum absolute atomic E-state index is 12.2. The Labute approximate surface area is 142 Å². The molecule has 1 atom stereocenters. The van der Waals surface area contributed by atoms with E-state index < -0.39 is 22.7 Å². The summed E-state index contributed by atoms with van der Waals surface area (Å²) in [5.41, 5.74) is 4.14. The highest BCUT2D eigenvalue weighted by molar-refractivity contribution is 9.09. The highest BCUT2D eigenvalue weighted by Gasteiger charge is 2.30. The lowest BCUT2D eigenvalue weighted by molar-refractivity contribution is -0.0925. The number of alkyl halides is 4. The first-order valence-electron chi connectivity index (χ1n) is 6.39. The third kappa shape index (κ3) is 5.58. The van der Waals surface area contributed by atoms with Gasteiger partial charge in [-0.25, -0.2) is 0 Å². The molecule has 0 saturated heterocycles. The molecule has 0 saturated carbocycles. The van der Waals surface area contributed by atoms with Crippen LogP contribution in [0.5, 0.6) is 0 Å². The van der Waals surface area contributed by atoms with Crippen LogP contribution in [0.4, 0.5) is 18.9 Å². The van der Waals surface area contributed by atoms with Crippen molar-refractivity contribution in [3.05, 3.63) is 35.5 Å². The van der Waals surface area contributed by atoms with Crippen LogP contribution in [0.15, 0.2) is 39.9 Å². The number of rotatable bonds is 6. The Morgan fingerprint density at radius 1 is 1.43 bits per heavy atom. The second kappa shape index (κ2) is 8.39. The molecule has 0 aliphatic carbocycles. The first kappa shape index (κ1) is 19.6. The molecular formula is C14H14BrF3N2O2S. The van der Waals surface area contributed by atoms with Gasteiger partial charge in [0.15, 0.2) is 5.78 Å². The number of halogens is 4. The molecule has 1 rings (SSSR count). The fraction of sp³-hybridized carbons (Fsp3) is 0.286. The zero-order chi connectivity index (χ0) is 17.6. The molecule has 0 aromatic heterocycles. The second-order valence-electron chi connectivity index (χ2n) is 4.27. The SMILES string of the molecule is CCS(=O)c1cc(N=CC=C(N)C(F)(F)F)ccc1C(=O)CBr. The summed E-state index contributed by atoms with van der Waals surface area (Å²) in [4.78, 5) is 15.9. The minimum Gasteiger partial charge on any atom is -0.395 e. The van der Waals surface area contributed by atoms with E-state index in [2.05, 4.69) is 20.9 Å². The van der Waals surface area contributed by atoms with E-state index in [1.807, 2.05) is 0 Å². The summed E-state index contributed by atoms with van der Waals surface area (Å²) in [5, 5.41) is 0.0778. The van der Waals surface area contributed by atoms with Crippen molar-refractivity contribution >= 4 is 44.4 Å². The molecule has 2 N–H and O–H groups in total. The van der Waals surface area contributed by atoms with E-state index in [-0.39, 0.29) is 16.8 Å². The number of hydrogen-bond acceptors (Lipinski definition) is 4. The van der Waals surface area contributed by atoms with Crippen molar-refractivity contribution < 1.29 is 22.2 Å². The van der Waals surface area contributed by atoms with Gasteiger partial charge in [0, 0.05) is 17.5 Å². The molecule has 1 aromatic carbocycles. The Morgan fingerprint density at radius 2 is 2.09 bits per heavy atom. The molecule has 0 radical (unpaired) electrons. The Balaban J connectivity index is 3.16. The molecular weight excluding hydrogens is 397 g/mol. The van der Waals surface area contributed by atoms with Gasteiger partial charge in [0.25, 0.3) is 0 Å². The van der Waals surface area contributed by atoms with E-state index in [0.29, 0.717) is 22.3 Å². The number of Topliss-reactive ketones (excluding diaryl/α,β-unsaturated/α-hetero) is 1. The Bertz CT molecular complexity index is 672. The minimum atomic E-state index is -4.62. The standard InChI is InChI=1S/C14H14BrF3N2O2S/c1-2-23(22)12-7-9(3-4-10(12)11(21)8-15)20-6-5-13(19)14(16,17)18/h3-7H,2,8,19H2,1H3. The van der Waals surface area contributed by atoms with Crippen molar-refractivity contribution in [2.75, 3.05) is 11.1 Å². The summed E-state index contributed by atoms with van der Waals surface area (Å²) < 4.78 is 48.7. The van der Waals surface area contributed by atoms with Crippen molar-refractivity contribution in [1.82, 2.24) is 0 Å². The number of carbonyl (C=O) groups is 1. The zero-order valence-electron chi connectivity index (χ0n) is 12.1. The van der Waals surface area contributed by atoms with E-state index >= 15 is 0 Å². The van der Waals surface area contributed by atoms with Crippen LogP contribution in [-0.4, -0.2) is 33.5 Å². The number of ketones is 1. The van der Waals surface area contributed by atoms with Crippen molar-refractivity contribution in [3.63, 3.8) is 0 Å².